The average molecular weight is 327 g/mol. The molecule has 0 aliphatic rings. The molecule has 0 unspecified atom stereocenters. The van der Waals surface area contributed by atoms with Crippen LogP contribution < -0.4 is 5.32 Å². The Morgan fingerprint density at radius 2 is 2.28 bits per heavy atom. The Bertz CT molecular complexity index is 570. The van der Waals surface area contributed by atoms with Crippen molar-refractivity contribution in [3.63, 3.8) is 0 Å². The van der Waals surface area contributed by atoms with E-state index in [4.69, 9.17) is 0 Å². The van der Waals surface area contributed by atoms with E-state index in [-0.39, 0.29) is 10.6 Å². The lowest BCUT2D eigenvalue weighted by Gasteiger charge is -2.08. The summed E-state index contributed by atoms with van der Waals surface area (Å²) in [6, 6.07) is 7.32. The smallest absolute Gasteiger partial charge is 0.274 e. The minimum Gasteiger partial charge on any atom is -0.379 e. The van der Waals surface area contributed by atoms with E-state index in [0.29, 0.717) is 12.1 Å². The molecule has 1 N–H and O–H groups in total. The van der Waals surface area contributed by atoms with E-state index in [0.717, 1.165) is 10.2 Å². The number of thiophene rings is 1. The van der Waals surface area contributed by atoms with Gasteiger partial charge in [0, 0.05) is 27.5 Å². The fraction of sp³-hybridized carbons (Fsp3) is 0.167. The van der Waals surface area contributed by atoms with Gasteiger partial charge in [0.15, 0.2) is 0 Å². The van der Waals surface area contributed by atoms with Crippen molar-refractivity contribution >= 4 is 38.6 Å². The van der Waals surface area contributed by atoms with Crippen molar-refractivity contribution in [3.05, 3.63) is 54.7 Å². The van der Waals surface area contributed by atoms with Gasteiger partial charge in [0.05, 0.1) is 10.6 Å². The molecule has 0 aliphatic carbocycles. The second-order valence-corrected chi connectivity index (χ2v) is 5.70. The van der Waals surface area contributed by atoms with E-state index in [1.54, 1.807) is 30.4 Å². The van der Waals surface area contributed by atoms with Crippen molar-refractivity contribution in [3.8, 4) is 0 Å². The van der Waals surface area contributed by atoms with E-state index < -0.39 is 0 Å². The summed E-state index contributed by atoms with van der Waals surface area (Å²) in [5.41, 5.74) is 1.51. The number of benzene rings is 1. The van der Waals surface area contributed by atoms with Gasteiger partial charge in [-0.15, -0.1) is 11.3 Å². The van der Waals surface area contributed by atoms with Gasteiger partial charge in [0.1, 0.15) is 0 Å². The van der Waals surface area contributed by atoms with E-state index in [1.165, 1.54) is 4.88 Å². The molecule has 0 saturated heterocycles. The predicted molar refractivity (Wildman–Crippen MR) is 77.2 cm³/mol. The zero-order valence-electron chi connectivity index (χ0n) is 9.64. The van der Waals surface area contributed by atoms with E-state index in [2.05, 4.69) is 21.2 Å². The first-order chi connectivity index (χ1) is 8.58. The number of nitrogens with zero attached hydrogens (tertiary/aromatic N) is 1. The number of halogens is 1. The minimum absolute atomic E-state index is 0.131. The molecule has 0 aliphatic heterocycles. The lowest BCUT2D eigenvalue weighted by molar-refractivity contribution is -0.385. The first kappa shape index (κ1) is 13.0. The number of rotatable bonds is 4. The summed E-state index contributed by atoms with van der Waals surface area (Å²) in [7, 11) is 0. The Morgan fingerprint density at radius 1 is 1.50 bits per heavy atom. The summed E-state index contributed by atoms with van der Waals surface area (Å²) in [5.74, 6) is 0. The minimum atomic E-state index is -0.363. The maximum absolute atomic E-state index is 10.9. The lowest BCUT2D eigenvalue weighted by Crippen LogP contribution is -2.00. The van der Waals surface area contributed by atoms with Gasteiger partial charge in [-0.25, -0.2) is 0 Å². The van der Waals surface area contributed by atoms with Crippen molar-refractivity contribution in [2.75, 3.05) is 5.32 Å². The molecule has 2 aromatic rings. The Kier molecular flexibility index (Phi) is 3.98. The summed E-state index contributed by atoms with van der Waals surface area (Å²) in [5, 5.41) is 16.1. The van der Waals surface area contributed by atoms with Gasteiger partial charge in [-0.05, 0) is 40.4 Å². The molecule has 1 heterocycles. The van der Waals surface area contributed by atoms with Crippen molar-refractivity contribution in [1.29, 1.82) is 0 Å². The van der Waals surface area contributed by atoms with Gasteiger partial charge in [0.2, 0.25) is 0 Å². The lowest BCUT2D eigenvalue weighted by atomic mass is 10.2. The summed E-state index contributed by atoms with van der Waals surface area (Å²) in [6.07, 6.45) is 0. The van der Waals surface area contributed by atoms with Crippen molar-refractivity contribution < 1.29 is 4.92 Å². The maximum atomic E-state index is 10.9. The quantitative estimate of drug-likeness (QED) is 0.671. The first-order valence-electron chi connectivity index (χ1n) is 5.28. The van der Waals surface area contributed by atoms with Crippen LogP contribution in [0.1, 0.15) is 10.4 Å². The molecule has 2 rings (SSSR count). The predicted octanol–water partition coefficient (Wildman–Crippen LogP) is 4.34. The van der Waals surface area contributed by atoms with Crippen LogP contribution in [-0.4, -0.2) is 4.92 Å². The van der Waals surface area contributed by atoms with Crippen molar-refractivity contribution in [2.24, 2.45) is 0 Å². The number of nitrogens with one attached hydrogen (secondary N) is 1. The molecule has 0 fully saturated rings. The fourth-order valence-electron chi connectivity index (χ4n) is 1.59. The van der Waals surface area contributed by atoms with Crippen molar-refractivity contribution in [2.45, 2.75) is 13.5 Å². The Labute approximate surface area is 117 Å². The van der Waals surface area contributed by atoms with Gasteiger partial charge in [-0.3, -0.25) is 10.1 Å². The van der Waals surface area contributed by atoms with E-state index in [9.17, 15) is 10.1 Å². The third-order valence-electron chi connectivity index (χ3n) is 2.52. The molecule has 18 heavy (non-hydrogen) atoms. The topological polar surface area (TPSA) is 55.2 Å². The molecule has 1 aromatic carbocycles. The monoisotopic (exact) mass is 326 g/mol. The van der Waals surface area contributed by atoms with Crippen LogP contribution in [0.3, 0.4) is 0 Å². The second-order valence-electron chi connectivity index (χ2n) is 3.81. The summed E-state index contributed by atoms with van der Waals surface area (Å²) >= 11 is 5.06. The largest absolute Gasteiger partial charge is 0.379 e. The molecule has 94 valence electrons. The van der Waals surface area contributed by atoms with Crippen LogP contribution in [0.2, 0.25) is 0 Å². The molecule has 1 aromatic heterocycles. The van der Waals surface area contributed by atoms with Crippen LogP contribution >= 0.6 is 27.3 Å². The van der Waals surface area contributed by atoms with Gasteiger partial charge in [0.25, 0.3) is 5.69 Å². The van der Waals surface area contributed by atoms with Crippen LogP contribution in [0.4, 0.5) is 11.4 Å². The third kappa shape index (κ3) is 2.88. The molecule has 0 radical (unpaired) electrons. The van der Waals surface area contributed by atoms with E-state index in [1.807, 2.05) is 17.5 Å². The number of aryl methyl sites for hydroxylation is 1. The SMILES string of the molecule is Cc1cc(Br)c(NCc2cccs2)cc1[N+](=O)[O-]. The molecule has 0 saturated carbocycles. The normalized spacial score (nSPS) is 10.3. The number of hydrogen-bond donors (Lipinski definition) is 1. The van der Waals surface area contributed by atoms with Crippen molar-refractivity contribution in [1.82, 2.24) is 0 Å². The molecular formula is C12H11BrN2O2S. The number of nitro benzene ring substituents is 1. The summed E-state index contributed by atoms with van der Waals surface area (Å²) in [4.78, 5) is 11.7. The summed E-state index contributed by atoms with van der Waals surface area (Å²) < 4.78 is 0.835. The standard InChI is InChI=1S/C12H11BrN2O2S/c1-8-5-10(13)11(6-12(8)15(16)17)14-7-9-3-2-4-18-9/h2-6,14H,7H2,1H3. The highest BCUT2D eigenvalue weighted by molar-refractivity contribution is 9.10. The maximum Gasteiger partial charge on any atom is 0.274 e. The number of hydrogen-bond acceptors (Lipinski definition) is 4. The highest BCUT2D eigenvalue weighted by Crippen LogP contribution is 2.31. The number of nitro groups is 1. The third-order valence-corrected chi connectivity index (χ3v) is 4.05. The van der Waals surface area contributed by atoms with Gasteiger partial charge in [-0.1, -0.05) is 6.07 Å². The van der Waals surface area contributed by atoms with Crippen LogP contribution in [0.5, 0.6) is 0 Å². The molecule has 0 bridgehead atoms. The fourth-order valence-corrected chi connectivity index (χ4v) is 2.83. The van der Waals surface area contributed by atoms with E-state index >= 15 is 0 Å². The van der Waals surface area contributed by atoms with Gasteiger partial charge < -0.3 is 5.32 Å². The molecule has 6 heteroatoms. The van der Waals surface area contributed by atoms with Crippen LogP contribution in [0, 0.1) is 17.0 Å². The van der Waals surface area contributed by atoms with Crippen LogP contribution in [0.25, 0.3) is 0 Å². The molecule has 0 amide bonds. The zero-order chi connectivity index (χ0) is 13.1. The van der Waals surface area contributed by atoms with Crippen LogP contribution in [-0.2, 0) is 6.54 Å². The molecule has 0 atom stereocenters. The first-order valence-corrected chi connectivity index (χ1v) is 6.96. The number of anilines is 1. The molecular weight excluding hydrogens is 316 g/mol. The van der Waals surface area contributed by atoms with Gasteiger partial charge in [-0.2, -0.15) is 0 Å². The highest BCUT2D eigenvalue weighted by Gasteiger charge is 2.14. The Morgan fingerprint density at radius 3 is 2.89 bits per heavy atom. The Hall–Kier alpha value is -1.40. The summed E-state index contributed by atoms with van der Waals surface area (Å²) in [6.45, 7) is 2.39. The molecule has 4 nitrogen and oxygen atoms in total. The molecule has 0 spiro atoms. The highest BCUT2D eigenvalue weighted by atomic mass is 79.9. The Balaban J connectivity index is 2.22. The average Bonchev–Trinajstić information content (AvgIpc) is 2.80. The zero-order valence-corrected chi connectivity index (χ0v) is 12.0. The van der Waals surface area contributed by atoms with Gasteiger partial charge >= 0.3 is 0 Å². The second kappa shape index (κ2) is 5.49. The van der Waals surface area contributed by atoms with Crippen LogP contribution in [0.15, 0.2) is 34.1 Å².